The molecule has 0 saturated carbocycles. The number of benzene rings is 1. The van der Waals surface area contributed by atoms with Crippen LogP contribution >= 0.6 is 0 Å². The molecule has 0 aromatic heterocycles. The predicted molar refractivity (Wildman–Crippen MR) is 63.0 cm³/mol. The maximum Gasteiger partial charge on any atom is 0.306 e. The molecule has 0 fully saturated rings. The second kappa shape index (κ2) is 7.45. The molecule has 0 spiro atoms. The Morgan fingerprint density at radius 2 is 2.12 bits per heavy atom. The highest BCUT2D eigenvalue weighted by atomic mass is 16.5. The summed E-state index contributed by atoms with van der Waals surface area (Å²) in [6.45, 7) is 0.153. The van der Waals surface area contributed by atoms with E-state index in [1.807, 2.05) is 30.3 Å². The number of hydrazone groups is 1. The molecule has 0 aliphatic rings. The molecule has 0 atom stereocenters. The molecule has 0 unspecified atom stereocenters. The lowest BCUT2D eigenvalue weighted by Gasteiger charge is -2.02. The van der Waals surface area contributed by atoms with Crippen molar-refractivity contribution in [3.05, 3.63) is 35.9 Å². The summed E-state index contributed by atoms with van der Waals surface area (Å²) in [6, 6.07) is 10.1. The van der Waals surface area contributed by atoms with Gasteiger partial charge in [0.05, 0.1) is 6.21 Å². The zero-order chi connectivity index (χ0) is 11.6. The van der Waals surface area contributed by atoms with E-state index in [1.54, 1.807) is 0 Å². The van der Waals surface area contributed by atoms with Gasteiger partial charge in [-0.05, 0) is 18.4 Å². The van der Waals surface area contributed by atoms with E-state index in [9.17, 15) is 4.79 Å². The molecule has 1 aromatic rings. The van der Waals surface area contributed by atoms with Gasteiger partial charge in [0.2, 0.25) is 0 Å². The SMILES string of the molecule is NN=CCOC(=O)CCCc1ccccc1. The summed E-state index contributed by atoms with van der Waals surface area (Å²) < 4.78 is 4.85. The van der Waals surface area contributed by atoms with Crippen LogP contribution in [0.15, 0.2) is 35.4 Å². The van der Waals surface area contributed by atoms with Crippen molar-refractivity contribution >= 4 is 12.2 Å². The molecular weight excluding hydrogens is 204 g/mol. The number of nitrogens with two attached hydrogens (primary N) is 1. The molecule has 4 heteroatoms. The fourth-order valence-corrected chi connectivity index (χ4v) is 1.33. The van der Waals surface area contributed by atoms with Crippen molar-refractivity contribution in [3.63, 3.8) is 0 Å². The Kier molecular flexibility index (Phi) is 5.70. The molecule has 0 heterocycles. The van der Waals surface area contributed by atoms with Crippen molar-refractivity contribution in [2.75, 3.05) is 6.61 Å². The molecule has 1 aromatic carbocycles. The molecule has 0 bridgehead atoms. The minimum atomic E-state index is -0.212. The number of carbonyl (C=O) groups excluding carboxylic acids is 1. The summed E-state index contributed by atoms with van der Waals surface area (Å²) in [5, 5.41) is 3.23. The Morgan fingerprint density at radius 1 is 1.38 bits per heavy atom. The van der Waals surface area contributed by atoms with Crippen molar-refractivity contribution in [3.8, 4) is 0 Å². The maximum absolute atomic E-state index is 11.2. The van der Waals surface area contributed by atoms with Gasteiger partial charge in [0.1, 0.15) is 6.61 Å². The molecule has 86 valence electrons. The highest BCUT2D eigenvalue weighted by molar-refractivity contribution is 5.72. The smallest absolute Gasteiger partial charge is 0.306 e. The summed E-state index contributed by atoms with van der Waals surface area (Å²) in [5.74, 6) is 4.66. The number of ether oxygens (including phenoxy) is 1. The highest BCUT2D eigenvalue weighted by Gasteiger charge is 2.01. The molecule has 16 heavy (non-hydrogen) atoms. The van der Waals surface area contributed by atoms with Gasteiger partial charge in [0.15, 0.2) is 0 Å². The number of aryl methyl sites for hydroxylation is 1. The van der Waals surface area contributed by atoms with Crippen LogP contribution in [0, 0.1) is 0 Å². The summed E-state index contributed by atoms with van der Waals surface area (Å²) in [5.41, 5.74) is 1.24. The third kappa shape index (κ3) is 5.14. The van der Waals surface area contributed by atoms with Crippen LogP contribution in [-0.2, 0) is 16.0 Å². The van der Waals surface area contributed by atoms with Crippen molar-refractivity contribution in [2.45, 2.75) is 19.3 Å². The van der Waals surface area contributed by atoms with Crippen LogP contribution in [0.5, 0.6) is 0 Å². The van der Waals surface area contributed by atoms with Crippen molar-refractivity contribution in [2.24, 2.45) is 10.9 Å². The number of rotatable bonds is 6. The van der Waals surface area contributed by atoms with E-state index in [0.717, 1.165) is 12.8 Å². The van der Waals surface area contributed by atoms with Crippen LogP contribution in [0.3, 0.4) is 0 Å². The Labute approximate surface area is 95.1 Å². The third-order valence-electron chi connectivity index (χ3n) is 2.11. The van der Waals surface area contributed by atoms with E-state index in [2.05, 4.69) is 5.10 Å². The molecule has 4 nitrogen and oxygen atoms in total. The van der Waals surface area contributed by atoms with E-state index in [-0.39, 0.29) is 12.6 Å². The van der Waals surface area contributed by atoms with Crippen LogP contribution < -0.4 is 5.84 Å². The van der Waals surface area contributed by atoms with Crippen molar-refractivity contribution in [1.29, 1.82) is 0 Å². The Morgan fingerprint density at radius 3 is 2.81 bits per heavy atom. The fourth-order valence-electron chi connectivity index (χ4n) is 1.33. The van der Waals surface area contributed by atoms with Crippen LogP contribution in [0.25, 0.3) is 0 Å². The summed E-state index contributed by atoms with van der Waals surface area (Å²) in [4.78, 5) is 11.2. The molecule has 0 saturated heterocycles. The maximum atomic E-state index is 11.2. The lowest BCUT2D eigenvalue weighted by molar-refractivity contribution is -0.141. The normalized spacial score (nSPS) is 10.5. The lowest BCUT2D eigenvalue weighted by atomic mass is 10.1. The molecule has 0 aliphatic carbocycles. The fraction of sp³-hybridized carbons (Fsp3) is 0.333. The van der Waals surface area contributed by atoms with Crippen molar-refractivity contribution < 1.29 is 9.53 Å². The number of hydrogen-bond donors (Lipinski definition) is 1. The zero-order valence-electron chi connectivity index (χ0n) is 9.13. The van der Waals surface area contributed by atoms with Crippen molar-refractivity contribution in [1.82, 2.24) is 0 Å². The quantitative estimate of drug-likeness (QED) is 0.342. The topological polar surface area (TPSA) is 64.7 Å². The second-order valence-corrected chi connectivity index (χ2v) is 3.35. The average molecular weight is 220 g/mol. The van der Waals surface area contributed by atoms with Gasteiger partial charge in [-0.15, -0.1) is 0 Å². The first-order chi connectivity index (χ1) is 7.83. The van der Waals surface area contributed by atoms with Gasteiger partial charge < -0.3 is 10.6 Å². The predicted octanol–water partition coefficient (Wildman–Crippen LogP) is 1.50. The molecule has 0 aliphatic heterocycles. The molecular formula is C12H16N2O2. The number of nitrogens with zero attached hydrogens (tertiary/aromatic N) is 1. The van der Waals surface area contributed by atoms with E-state index < -0.39 is 0 Å². The standard InChI is InChI=1S/C12H16N2O2/c13-14-9-10-16-12(15)8-4-7-11-5-2-1-3-6-11/h1-3,5-6,9H,4,7-8,10,13H2. The average Bonchev–Trinajstić information content (AvgIpc) is 2.31. The zero-order valence-corrected chi connectivity index (χ0v) is 9.13. The van der Waals surface area contributed by atoms with E-state index in [4.69, 9.17) is 10.6 Å². The van der Waals surface area contributed by atoms with Gasteiger partial charge in [-0.25, -0.2) is 0 Å². The second-order valence-electron chi connectivity index (χ2n) is 3.35. The van der Waals surface area contributed by atoms with Gasteiger partial charge in [-0.3, -0.25) is 4.79 Å². The molecule has 1 rings (SSSR count). The number of hydrogen-bond acceptors (Lipinski definition) is 4. The molecule has 0 amide bonds. The van der Waals surface area contributed by atoms with Gasteiger partial charge in [-0.2, -0.15) is 5.10 Å². The Bertz CT molecular complexity index is 336. The summed E-state index contributed by atoms with van der Waals surface area (Å²) >= 11 is 0. The third-order valence-corrected chi connectivity index (χ3v) is 2.11. The van der Waals surface area contributed by atoms with Gasteiger partial charge in [0, 0.05) is 6.42 Å². The van der Waals surface area contributed by atoms with E-state index >= 15 is 0 Å². The molecule has 2 N–H and O–H groups in total. The van der Waals surface area contributed by atoms with E-state index in [0.29, 0.717) is 6.42 Å². The minimum absolute atomic E-state index is 0.153. The minimum Gasteiger partial charge on any atom is -0.460 e. The first-order valence-corrected chi connectivity index (χ1v) is 5.24. The highest BCUT2D eigenvalue weighted by Crippen LogP contribution is 2.04. The van der Waals surface area contributed by atoms with Crippen LogP contribution in [0.4, 0.5) is 0 Å². The van der Waals surface area contributed by atoms with Gasteiger partial charge in [0.25, 0.3) is 0 Å². The molecule has 0 radical (unpaired) electrons. The Balaban J connectivity index is 2.13. The van der Waals surface area contributed by atoms with Crippen LogP contribution in [-0.4, -0.2) is 18.8 Å². The number of carbonyl (C=O) groups is 1. The van der Waals surface area contributed by atoms with Gasteiger partial charge >= 0.3 is 5.97 Å². The van der Waals surface area contributed by atoms with Crippen LogP contribution in [0.2, 0.25) is 0 Å². The summed E-state index contributed by atoms with van der Waals surface area (Å²) in [6.07, 6.45) is 3.46. The summed E-state index contributed by atoms with van der Waals surface area (Å²) in [7, 11) is 0. The Hall–Kier alpha value is -1.84. The largest absolute Gasteiger partial charge is 0.460 e. The first kappa shape index (κ1) is 12.2. The lowest BCUT2D eigenvalue weighted by Crippen LogP contribution is -2.07. The van der Waals surface area contributed by atoms with Crippen LogP contribution in [0.1, 0.15) is 18.4 Å². The number of esters is 1. The van der Waals surface area contributed by atoms with E-state index in [1.165, 1.54) is 11.8 Å². The first-order valence-electron chi connectivity index (χ1n) is 5.24. The van der Waals surface area contributed by atoms with Gasteiger partial charge in [-0.1, -0.05) is 30.3 Å². The monoisotopic (exact) mass is 220 g/mol.